The minimum atomic E-state index is 0.325. The Hall–Kier alpha value is -3.27. The summed E-state index contributed by atoms with van der Waals surface area (Å²) in [5.41, 5.74) is 5.82. The normalized spacial score (nSPS) is 11.0. The van der Waals surface area contributed by atoms with Crippen molar-refractivity contribution in [2.24, 2.45) is 0 Å². The summed E-state index contributed by atoms with van der Waals surface area (Å²) in [4.78, 5) is 4.41. The lowest BCUT2D eigenvalue weighted by Crippen LogP contribution is -2.40. The van der Waals surface area contributed by atoms with E-state index in [9.17, 15) is 0 Å². The zero-order chi connectivity index (χ0) is 17.9. The van der Waals surface area contributed by atoms with Crippen molar-refractivity contribution in [3.8, 4) is 28.3 Å². The van der Waals surface area contributed by atoms with Crippen LogP contribution >= 0.6 is 0 Å². The molecule has 4 aromatic rings. The van der Waals surface area contributed by atoms with E-state index < -0.39 is 0 Å². The molecule has 0 saturated heterocycles. The van der Waals surface area contributed by atoms with Gasteiger partial charge in [0.2, 0.25) is 6.33 Å². The van der Waals surface area contributed by atoms with Gasteiger partial charge < -0.3 is 0 Å². The fraction of sp³-hybridized carbons (Fsp3) is 0.136. The molecule has 2 aromatic carbocycles. The molecule has 2 aromatic heterocycles. The fourth-order valence-corrected chi connectivity index (χ4v) is 3.20. The molecule has 0 aliphatic carbocycles. The van der Waals surface area contributed by atoms with E-state index in [0.717, 1.165) is 17.2 Å². The Morgan fingerprint density at radius 3 is 2.04 bits per heavy atom. The van der Waals surface area contributed by atoms with Crippen molar-refractivity contribution < 1.29 is 4.57 Å². The SMILES string of the molecule is CC(C)c1cc(-c2ccccc2)cc(-c2ccccc2)[n+]1-c1ncn[nH]1. The van der Waals surface area contributed by atoms with Crippen molar-refractivity contribution >= 4 is 0 Å². The van der Waals surface area contributed by atoms with Gasteiger partial charge in [-0.3, -0.25) is 0 Å². The summed E-state index contributed by atoms with van der Waals surface area (Å²) >= 11 is 0. The standard InChI is InChI=1S/C22H21N4/c1-16(2)20-13-19(17-9-5-3-6-10-17)14-21(18-11-7-4-8-12-18)26(20)22-23-15-24-25-22/h3-16H,1-2H3,(H,23,24,25)/q+1. The number of benzene rings is 2. The molecule has 1 N–H and O–H groups in total. The molecule has 0 radical (unpaired) electrons. The van der Waals surface area contributed by atoms with Crippen LogP contribution in [0.3, 0.4) is 0 Å². The first-order valence-corrected chi connectivity index (χ1v) is 8.80. The molecular formula is C22H21N4+. The molecule has 26 heavy (non-hydrogen) atoms. The van der Waals surface area contributed by atoms with Crippen molar-refractivity contribution in [3.63, 3.8) is 0 Å². The highest BCUT2D eigenvalue weighted by atomic mass is 15.3. The lowest BCUT2D eigenvalue weighted by molar-refractivity contribution is -0.601. The Kier molecular flexibility index (Phi) is 4.32. The van der Waals surface area contributed by atoms with Gasteiger partial charge in [-0.25, -0.2) is 0 Å². The van der Waals surface area contributed by atoms with Gasteiger partial charge in [0.05, 0.1) is 5.69 Å². The van der Waals surface area contributed by atoms with Crippen LogP contribution in [0.2, 0.25) is 0 Å². The molecule has 0 saturated carbocycles. The van der Waals surface area contributed by atoms with Crippen LogP contribution in [-0.2, 0) is 0 Å². The molecule has 0 spiro atoms. The maximum atomic E-state index is 4.41. The highest BCUT2D eigenvalue weighted by molar-refractivity contribution is 5.69. The molecule has 0 unspecified atom stereocenters. The number of rotatable bonds is 4. The molecule has 128 valence electrons. The molecule has 0 atom stereocenters. The van der Waals surface area contributed by atoms with Crippen LogP contribution in [0.4, 0.5) is 0 Å². The third-order valence-electron chi connectivity index (χ3n) is 4.48. The lowest BCUT2D eigenvalue weighted by Gasteiger charge is -2.16. The summed E-state index contributed by atoms with van der Waals surface area (Å²) in [6.45, 7) is 4.40. The van der Waals surface area contributed by atoms with Crippen molar-refractivity contribution in [3.05, 3.63) is 84.8 Å². The molecule has 0 aliphatic rings. The van der Waals surface area contributed by atoms with Crippen LogP contribution in [-0.4, -0.2) is 15.2 Å². The van der Waals surface area contributed by atoms with Gasteiger partial charge in [-0.05, 0) is 23.3 Å². The maximum absolute atomic E-state index is 4.41. The van der Waals surface area contributed by atoms with E-state index in [0.29, 0.717) is 5.92 Å². The Balaban J connectivity index is 2.04. The van der Waals surface area contributed by atoms with E-state index in [1.54, 1.807) is 6.33 Å². The summed E-state index contributed by atoms with van der Waals surface area (Å²) in [6.07, 6.45) is 1.55. The first-order chi connectivity index (χ1) is 12.7. The second-order valence-electron chi connectivity index (χ2n) is 6.59. The van der Waals surface area contributed by atoms with E-state index >= 15 is 0 Å². The van der Waals surface area contributed by atoms with Crippen LogP contribution in [0, 0.1) is 0 Å². The average Bonchev–Trinajstić information content (AvgIpc) is 3.22. The summed E-state index contributed by atoms with van der Waals surface area (Å²) in [7, 11) is 0. The number of hydrogen-bond acceptors (Lipinski definition) is 2. The summed E-state index contributed by atoms with van der Waals surface area (Å²) in [5.74, 6) is 1.05. The number of hydrogen-bond donors (Lipinski definition) is 1. The molecule has 4 heteroatoms. The topological polar surface area (TPSA) is 45.5 Å². The van der Waals surface area contributed by atoms with Crippen LogP contribution in [0.1, 0.15) is 25.5 Å². The predicted octanol–water partition coefficient (Wildman–Crippen LogP) is 4.54. The fourth-order valence-electron chi connectivity index (χ4n) is 3.20. The van der Waals surface area contributed by atoms with Gasteiger partial charge in [0.25, 0.3) is 0 Å². The number of aromatic amines is 1. The monoisotopic (exact) mass is 341 g/mol. The molecule has 4 rings (SSSR count). The third kappa shape index (κ3) is 3.02. The average molecular weight is 341 g/mol. The van der Waals surface area contributed by atoms with E-state index in [2.05, 4.69) is 94.3 Å². The smallest absolute Gasteiger partial charge is 0.197 e. The summed E-state index contributed by atoms with van der Waals surface area (Å²) in [5, 5.41) is 7.08. The second kappa shape index (κ2) is 6.92. The Bertz CT molecular complexity index is 991. The Labute approximate surface area is 153 Å². The third-order valence-corrected chi connectivity index (χ3v) is 4.48. The highest BCUT2D eigenvalue weighted by Gasteiger charge is 2.23. The molecule has 0 fully saturated rings. The van der Waals surface area contributed by atoms with E-state index in [1.165, 1.54) is 16.8 Å². The zero-order valence-corrected chi connectivity index (χ0v) is 14.9. The van der Waals surface area contributed by atoms with Gasteiger partial charge in [-0.2, -0.15) is 9.67 Å². The van der Waals surface area contributed by atoms with Crippen LogP contribution in [0.15, 0.2) is 79.1 Å². The highest BCUT2D eigenvalue weighted by Crippen LogP contribution is 2.28. The van der Waals surface area contributed by atoms with Gasteiger partial charge in [-0.1, -0.05) is 84.6 Å². The molecule has 2 heterocycles. The summed E-state index contributed by atoms with van der Waals surface area (Å²) in [6, 6.07) is 25.4. The minimum absolute atomic E-state index is 0.325. The van der Waals surface area contributed by atoms with Crippen LogP contribution in [0.5, 0.6) is 0 Å². The summed E-state index contributed by atoms with van der Waals surface area (Å²) < 4.78 is 2.17. The van der Waals surface area contributed by atoms with Gasteiger partial charge in [0.1, 0.15) is 5.69 Å². The molecule has 0 bridgehead atoms. The number of H-pyrrole nitrogens is 1. The Morgan fingerprint density at radius 2 is 1.46 bits per heavy atom. The molecule has 4 nitrogen and oxygen atoms in total. The number of aromatic nitrogens is 4. The lowest BCUT2D eigenvalue weighted by atomic mass is 9.98. The van der Waals surface area contributed by atoms with Crippen molar-refractivity contribution in [1.29, 1.82) is 0 Å². The van der Waals surface area contributed by atoms with Gasteiger partial charge in [0, 0.05) is 11.5 Å². The van der Waals surface area contributed by atoms with Gasteiger partial charge >= 0.3 is 5.95 Å². The maximum Gasteiger partial charge on any atom is 0.422 e. The predicted molar refractivity (Wildman–Crippen MR) is 103 cm³/mol. The van der Waals surface area contributed by atoms with Crippen LogP contribution < -0.4 is 4.57 Å². The zero-order valence-electron chi connectivity index (χ0n) is 14.9. The van der Waals surface area contributed by atoms with E-state index in [4.69, 9.17) is 0 Å². The molecule has 0 aliphatic heterocycles. The number of nitrogens with zero attached hydrogens (tertiary/aromatic N) is 3. The quantitative estimate of drug-likeness (QED) is 0.554. The van der Waals surface area contributed by atoms with Crippen molar-refractivity contribution in [1.82, 2.24) is 15.2 Å². The van der Waals surface area contributed by atoms with Gasteiger partial charge in [0.15, 0.2) is 0 Å². The van der Waals surface area contributed by atoms with Crippen molar-refractivity contribution in [2.75, 3.05) is 0 Å². The second-order valence-corrected chi connectivity index (χ2v) is 6.59. The largest absolute Gasteiger partial charge is 0.422 e. The van der Waals surface area contributed by atoms with E-state index in [-0.39, 0.29) is 0 Å². The Morgan fingerprint density at radius 1 is 0.808 bits per heavy atom. The minimum Gasteiger partial charge on any atom is -0.197 e. The van der Waals surface area contributed by atoms with E-state index in [1.807, 2.05) is 12.1 Å². The van der Waals surface area contributed by atoms with Gasteiger partial charge in [-0.15, -0.1) is 0 Å². The first-order valence-electron chi connectivity index (χ1n) is 8.80. The molecular weight excluding hydrogens is 320 g/mol. The van der Waals surface area contributed by atoms with Crippen LogP contribution in [0.25, 0.3) is 28.3 Å². The number of nitrogens with one attached hydrogen (secondary N) is 1. The molecule has 0 amide bonds. The number of pyridine rings is 1. The van der Waals surface area contributed by atoms with Crippen molar-refractivity contribution in [2.45, 2.75) is 19.8 Å². The first kappa shape index (κ1) is 16.2.